The SMILES string of the molecule is Cc1coc(CC(=O)O)c1C(=O)NCC(C)(C)Cc1cccc(Cl)c1. The van der Waals surface area contributed by atoms with Crippen LogP contribution in [0.3, 0.4) is 0 Å². The third-order valence-corrected chi connectivity index (χ3v) is 4.12. The number of amides is 1. The van der Waals surface area contributed by atoms with Crippen molar-refractivity contribution in [3.05, 3.63) is 58.0 Å². The Morgan fingerprint density at radius 1 is 1.32 bits per heavy atom. The van der Waals surface area contributed by atoms with E-state index in [1.807, 2.05) is 24.3 Å². The molecule has 1 aromatic carbocycles. The summed E-state index contributed by atoms with van der Waals surface area (Å²) in [7, 11) is 0. The molecule has 0 saturated carbocycles. The van der Waals surface area contributed by atoms with Crippen LogP contribution in [-0.2, 0) is 17.6 Å². The second-order valence-electron chi connectivity index (χ2n) is 6.94. The van der Waals surface area contributed by atoms with Crippen molar-refractivity contribution in [2.75, 3.05) is 6.54 Å². The molecule has 0 aliphatic carbocycles. The number of carboxylic acids is 1. The summed E-state index contributed by atoms with van der Waals surface area (Å²) in [5.74, 6) is -1.18. The van der Waals surface area contributed by atoms with E-state index in [0.717, 1.165) is 12.0 Å². The van der Waals surface area contributed by atoms with Crippen LogP contribution in [0.1, 0.15) is 41.1 Å². The molecule has 2 rings (SSSR count). The molecule has 134 valence electrons. The second-order valence-corrected chi connectivity index (χ2v) is 7.38. The predicted molar refractivity (Wildman–Crippen MR) is 96.1 cm³/mol. The van der Waals surface area contributed by atoms with Crippen LogP contribution < -0.4 is 5.32 Å². The molecule has 0 aliphatic heterocycles. The van der Waals surface area contributed by atoms with Crippen molar-refractivity contribution in [2.45, 2.75) is 33.6 Å². The summed E-state index contributed by atoms with van der Waals surface area (Å²) >= 11 is 6.02. The van der Waals surface area contributed by atoms with E-state index < -0.39 is 5.97 Å². The third kappa shape index (κ3) is 5.36. The van der Waals surface area contributed by atoms with E-state index in [0.29, 0.717) is 22.7 Å². The minimum Gasteiger partial charge on any atom is -0.481 e. The number of hydrogen-bond donors (Lipinski definition) is 2. The first-order chi connectivity index (χ1) is 11.7. The lowest BCUT2D eigenvalue weighted by Gasteiger charge is -2.25. The zero-order valence-electron chi connectivity index (χ0n) is 14.6. The van der Waals surface area contributed by atoms with Crippen molar-refractivity contribution in [3.63, 3.8) is 0 Å². The Bertz CT molecular complexity index is 779. The minimum atomic E-state index is -1.04. The molecule has 0 fully saturated rings. The molecular weight excluding hydrogens is 342 g/mol. The van der Waals surface area contributed by atoms with Crippen LogP contribution in [0.25, 0.3) is 0 Å². The quantitative estimate of drug-likeness (QED) is 0.782. The van der Waals surface area contributed by atoms with Crippen LogP contribution in [0, 0.1) is 12.3 Å². The van der Waals surface area contributed by atoms with Gasteiger partial charge in [-0.05, 0) is 36.5 Å². The normalized spacial score (nSPS) is 11.4. The van der Waals surface area contributed by atoms with Crippen LogP contribution in [0.15, 0.2) is 34.9 Å². The van der Waals surface area contributed by atoms with Gasteiger partial charge in [0, 0.05) is 17.1 Å². The molecule has 0 unspecified atom stereocenters. The van der Waals surface area contributed by atoms with Crippen molar-refractivity contribution in [1.29, 1.82) is 0 Å². The Labute approximate surface area is 152 Å². The number of aryl methyl sites for hydroxylation is 1. The fraction of sp³-hybridized carbons (Fsp3) is 0.368. The molecule has 0 saturated heterocycles. The Morgan fingerprint density at radius 2 is 2.04 bits per heavy atom. The minimum absolute atomic E-state index is 0.176. The maximum Gasteiger partial charge on any atom is 0.311 e. The van der Waals surface area contributed by atoms with Crippen molar-refractivity contribution >= 4 is 23.5 Å². The molecule has 0 spiro atoms. The molecule has 2 aromatic rings. The standard InChI is InChI=1S/C19H22ClNO4/c1-12-10-25-15(8-16(22)23)17(12)18(24)21-11-19(2,3)9-13-5-4-6-14(20)7-13/h4-7,10H,8-9,11H2,1-3H3,(H,21,24)(H,22,23). The van der Waals surface area contributed by atoms with Crippen LogP contribution in [0.5, 0.6) is 0 Å². The number of benzene rings is 1. The summed E-state index contributed by atoms with van der Waals surface area (Å²) in [6, 6.07) is 7.64. The van der Waals surface area contributed by atoms with Crippen LogP contribution in [-0.4, -0.2) is 23.5 Å². The van der Waals surface area contributed by atoms with Gasteiger partial charge in [-0.25, -0.2) is 0 Å². The Morgan fingerprint density at radius 3 is 2.68 bits per heavy atom. The molecule has 1 aromatic heterocycles. The van der Waals surface area contributed by atoms with E-state index in [1.165, 1.54) is 6.26 Å². The third-order valence-electron chi connectivity index (χ3n) is 3.89. The van der Waals surface area contributed by atoms with Gasteiger partial charge in [0.1, 0.15) is 12.2 Å². The van der Waals surface area contributed by atoms with Crippen LogP contribution in [0.4, 0.5) is 0 Å². The van der Waals surface area contributed by atoms with Gasteiger partial charge in [-0.3, -0.25) is 9.59 Å². The van der Waals surface area contributed by atoms with Crippen molar-refractivity contribution in [3.8, 4) is 0 Å². The van der Waals surface area contributed by atoms with Crippen molar-refractivity contribution in [2.24, 2.45) is 5.41 Å². The second kappa shape index (κ2) is 7.74. The van der Waals surface area contributed by atoms with E-state index in [2.05, 4.69) is 19.2 Å². The maximum absolute atomic E-state index is 12.5. The number of nitrogens with one attached hydrogen (secondary N) is 1. The van der Waals surface area contributed by atoms with Gasteiger partial charge in [0.2, 0.25) is 0 Å². The van der Waals surface area contributed by atoms with E-state index in [4.69, 9.17) is 21.1 Å². The Kier molecular flexibility index (Phi) is 5.90. The fourth-order valence-electron chi connectivity index (χ4n) is 2.74. The first-order valence-electron chi connectivity index (χ1n) is 7.99. The predicted octanol–water partition coefficient (Wildman–Crippen LogP) is 3.87. The number of halogens is 1. The van der Waals surface area contributed by atoms with E-state index >= 15 is 0 Å². The zero-order valence-corrected chi connectivity index (χ0v) is 15.3. The first-order valence-corrected chi connectivity index (χ1v) is 8.37. The zero-order chi connectivity index (χ0) is 18.6. The van der Waals surface area contributed by atoms with E-state index in [9.17, 15) is 9.59 Å². The Hall–Kier alpha value is -2.27. The number of carboxylic acid groups (broad SMARTS) is 1. The molecule has 0 bridgehead atoms. The molecule has 0 atom stereocenters. The smallest absolute Gasteiger partial charge is 0.311 e. The number of carbonyl (C=O) groups excluding carboxylic acids is 1. The van der Waals surface area contributed by atoms with Gasteiger partial charge in [-0.2, -0.15) is 0 Å². The molecule has 5 nitrogen and oxygen atoms in total. The van der Waals surface area contributed by atoms with Gasteiger partial charge in [0.15, 0.2) is 0 Å². The van der Waals surface area contributed by atoms with Gasteiger partial charge < -0.3 is 14.8 Å². The van der Waals surface area contributed by atoms with Gasteiger partial charge in [0.05, 0.1) is 11.8 Å². The average Bonchev–Trinajstić information content (AvgIpc) is 2.84. The molecule has 1 amide bonds. The largest absolute Gasteiger partial charge is 0.481 e. The van der Waals surface area contributed by atoms with Crippen LogP contribution in [0.2, 0.25) is 5.02 Å². The highest BCUT2D eigenvalue weighted by molar-refractivity contribution is 6.30. The van der Waals surface area contributed by atoms with E-state index in [1.54, 1.807) is 6.92 Å². The maximum atomic E-state index is 12.5. The Balaban J connectivity index is 2.03. The number of hydrogen-bond acceptors (Lipinski definition) is 3. The highest BCUT2D eigenvalue weighted by Crippen LogP contribution is 2.24. The van der Waals surface area contributed by atoms with Gasteiger partial charge in [-0.15, -0.1) is 0 Å². The lowest BCUT2D eigenvalue weighted by Crippen LogP contribution is -2.35. The molecule has 25 heavy (non-hydrogen) atoms. The molecule has 0 radical (unpaired) electrons. The lowest BCUT2D eigenvalue weighted by molar-refractivity contribution is -0.136. The summed E-state index contributed by atoms with van der Waals surface area (Å²) in [5, 5.41) is 12.5. The molecule has 1 heterocycles. The fourth-order valence-corrected chi connectivity index (χ4v) is 2.95. The number of rotatable bonds is 7. The highest BCUT2D eigenvalue weighted by atomic mass is 35.5. The lowest BCUT2D eigenvalue weighted by atomic mass is 9.85. The van der Waals surface area contributed by atoms with Gasteiger partial charge in [0.25, 0.3) is 5.91 Å². The van der Waals surface area contributed by atoms with Crippen molar-refractivity contribution in [1.82, 2.24) is 5.32 Å². The van der Waals surface area contributed by atoms with Gasteiger partial charge in [-0.1, -0.05) is 37.6 Å². The number of carbonyl (C=O) groups is 2. The molecular formula is C19H22ClNO4. The van der Waals surface area contributed by atoms with E-state index in [-0.39, 0.29) is 23.5 Å². The van der Waals surface area contributed by atoms with Crippen molar-refractivity contribution < 1.29 is 19.1 Å². The summed E-state index contributed by atoms with van der Waals surface area (Å²) < 4.78 is 5.21. The molecule has 6 heteroatoms. The topological polar surface area (TPSA) is 79.5 Å². The summed E-state index contributed by atoms with van der Waals surface area (Å²) in [5.41, 5.74) is 1.84. The highest BCUT2D eigenvalue weighted by Gasteiger charge is 2.24. The summed E-state index contributed by atoms with van der Waals surface area (Å²) in [6.45, 7) is 6.26. The number of aliphatic carboxylic acids is 1. The molecule has 2 N–H and O–H groups in total. The average molecular weight is 364 g/mol. The monoisotopic (exact) mass is 363 g/mol. The number of furan rings is 1. The van der Waals surface area contributed by atoms with Crippen LogP contribution >= 0.6 is 11.6 Å². The molecule has 0 aliphatic rings. The summed E-state index contributed by atoms with van der Waals surface area (Å²) in [4.78, 5) is 23.4. The summed E-state index contributed by atoms with van der Waals surface area (Å²) in [6.07, 6.45) is 1.84. The first kappa shape index (κ1) is 19.1. The van der Waals surface area contributed by atoms with Gasteiger partial charge >= 0.3 is 5.97 Å².